The number of amides is 2. The fraction of sp³-hybridized carbons (Fsp3) is 0.667. The number of carbonyl (C=O) groups is 2. The summed E-state index contributed by atoms with van der Waals surface area (Å²) in [5, 5.41) is 114. The highest BCUT2D eigenvalue weighted by Crippen LogP contribution is 2.35. The summed E-state index contributed by atoms with van der Waals surface area (Å²) in [5.74, 6) is -3.68. The highest BCUT2D eigenvalue weighted by molar-refractivity contribution is 5.74. The fourth-order valence-electron chi connectivity index (χ4n) is 8.06. The van der Waals surface area contributed by atoms with Gasteiger partial charge in [0.15, 0.2) is 12.1 Å². The second-order valence-electron chi connectivity index (χ2n) is 18.0. The van der Waals surface area contributed by atoms with Crippen LogP contribution in [0.4, 0.5) is 4.79 Å². The first kappa shape index (κ1) is 57.7. The summed E-state index contributed by atoms with van der Waals surface area (Å²) in [6.07, 6.45) is 5.17. The molecule has 0 saturated carbocycles. The van der Waals surface area contributed by atoms with Crippen LogP contribution >= 0.6 is 0 Å². The lowest BCUT2D eigenvalue weighted by Crippen LogP contribution is -2.63. The summed E-state index contributed by atoms with van der Waals surface area (Å²) in [7, 11) is 1.37. The molecule has 14 N–H and O–H groups in total. The SMILES string of the molecule is CNC(=O)N[C@H]1[C@@H]2CC(O[C@@H]3O[C@H](C)[C@@H](O)[C@H](N)[C@@H]3O)/C=C/C=C/C=C/C=C/C=C/C=C/C=C/[C@H](C)[C@@H](O)[C@@H](C)[C@H](C)OC(=O)CC(O)CC(O)CC[C@@H](O)C(O)CC(O)C[C@](O)(C[C@@H]1O)O2. The zero-order valence-corrected chi connectivity index (χ0v) is 39.1. The van der Waals surface area contributed by atoms with E-state index in [1.54, 1.807) is 69.4 Å². The predicted molar refractivity (Wildman–Crippen MR) is 247 cm³/mol. The molecule has 2 bridgehead atoms. The highest BCUT2D eigenvalue weighted by atomic mass is 16.7. The third-order valence-corrected chi connectivity index (χ3v) is 12.3. The number of nitrogens with one attached hydrogen (secondary N) is 2. The Balaban J connectivity index is 1.89. The first-order valence-corrected chi connectivity index (χ1v) is 23.1. The number of hydrogen-bond acceptors (Lipinski definition) is 17. The smallest absolute Gasteiger partial charge is 0.314 e. The zero-order chi connectivity index (χ0) is 49.8. The maximum Gasteiger partial charge on any atom is 0.314 e. The molecule has 380 valence electrons. The Morgan fingerprint density at radius 1 is 0.687 bits per heavy atom. The van der Waals surface area contributed by atoms with Crippen LogP contribution in [0.25, 0.3) is 0 Å². The summed E-state index contributed by atoms with van der Waals surface area (Å²) in [4.78, 5) is 25.2. The zero-order valence-electron chi connectivity index (χ0n) is 39.1. The van der Waals surface area contributed by atoms with Gasteiger partial charge in [-0.05, 0) is 33.1 Å². The molecular formula is C48H77N3O16. The molecule has 0 aromatic carbocycles. The molecule has 2 fully saturated rings. The number of rotatable bonds is 3. The predicted octanol–water partition coefficient (Wildman–Crippen LogP) is 0.309. The van der Waals surface area contributed by atoms with Crippen LogP contribution in [0.2, 0.25) is 0 Å². The number of aliphatic hydroxyl groups excluding tert-OH is 9. The third kappa shape index (κ3) is 19.7. The number of hydrogen-bond donors (Lipinski definition) is 13. The molecule has 2 saturated heterocycles. The van der Waals surface area contributed by atoms with E-state index in [1.807, 2.05) is 43.4 Å². The molecular weight excluding hydrogens is 875 g/mol. The van der Waals surface area contributed by atoms with Crippen molar-refractivity contribution in [1.82, 2.24) is 10.6 Å². The van der Waals surface area contributed by atoms with Gasteiger partial charge in [0.25, 0.3) is 0 Å². The Bertz CT molecular complexity index is 1710. The molecule has 0 aromatic heterocycles. The summed E-state index contributed by atoms with van der Waals surface area (Å²) in [5.41, 5.74) is 6.07. The molecule has 0 spiro atoms. The molecule has 3 aliphatic heterocycles. The van der Waals surface area contributed by atoms with E-state index in [2.05, 4.69) is 10.6 Å². The van der Waals surface area contributed by atoms with Crippen LogP contribution in [0, 0.1) is 11.8 Å². The number of nitrogens with two attached hydrogens (primary N) is 1. The van der Waals surface area contributed by atoms with Gasteiger partial charge in [0, 0.05) is 44.6 Å². The van der Waals surface area contributed by atoms with E-state index in [1.165, 1.54) is 7.05 Å². The Hall–Kier alpha value is -3.64. The molecule has 0 radical (unpaired) electrons. The van der Waals surface area contributed by atoms with Crippen molar-refractivity contribution in [2.75, 3.05) is 7.05 Å². The second kappa shape index (κ2) is 28.8. The molecule has 3 heterocycles. The maximum absolute atomic E-state index is 12.6. The van der Waals surface area contributed by atoms with Crippen molar-refractivity contribution in [3.05, 3.63) is 85.1 Å². The number of esters is 1. The number of allylic oxidation sites excluding steroid dienone is 12. The highest BCUT2D eigenvalue weighted by Gasteiger charge is 2.49. The molecule has 19 heteroatoms. The van der Waals surface area contributed by atoms with Gasteiger partial charge in [-0.1, -0.05) is 98.9 Å². The molecule has 0 aromatic rings. The van der Waals surface area contributed by atoms with Gasteiger partial charge in [-0.2, -0.15) is 0 Å². The first-order valence-electron chi connectivity index (χ1n) is 23.1. The van der Waals surface area contributed by atoms with Gasteiger partial charge in [-0.15, -0.1) is 0 Å². The monoisotopic (exact) mass is 952 g/mol. The normalized spacial score (nSPS) is 44.4. The lowest BCUT2D eigenvalue weighted by Gasteiger charge is -2.46. The summed E-state index contributed by atoms with van der Waals surface area (Å²) in [6, 6.07) is -2.93. The minimum Gasteiger partial charge on any atom is -0.462 e. The van der Waals surface area contributed by atoms with E-state index in [9.17, 15) is 60.7 Å². The van der Waals surface area contributed by atoms with Gasteiger partial charge in [0.1, 0.15) is 12.2 Å². The average molecular weight is 952 g/mol. The van der Waals surface area contributed by atoms with Gasteiger partial charge in [0.2, 0.25) is 0 Å². The van der Waals surface area contributed by atoms with Crippen LogP contribution in [0.15, 0.2) is 85.1 Å². The number of urea groups is 1. The van der Waals surface area contributed by atoms with E-state index in [4.69, 9.17) is 24.7 Å². The molecule has 19 atom stereocenters. The van der Waals surface area contributed by atoms with Crippen LogP contribution in [0.1, 0.15) is 79.1 Å². The van der Waals surface area contributed by atoms with Crippen LogP contribution in [-0.2, 0) is 23.7 Å². The number of aliphatic hydroxyl groups is 10. The van der Waals surface area contributed by atoms with E-state index in [0.717, 1.165) is 0 Å². The Labute approximate surface area is 393 Å². The van der Waals surface area contributed by atoms with E-state index >= 15 is 0 Å². The van der Waals surface area contributed by atoms with Crippen LogP contribution < -0.4 is 16.4 Å². The summed E-state index contributed by atoms with van der Waals surface area (Å²) < 4.78 is 23.6. The van der Waals surface area contributed by atoms with Crippen molar-refractivity contribution >= 4 is 12.0 Å². The quantitative estimate of drug-likeness (QED) is 0.169. The van der Waals surface area contributed by atoms with Crippen molar-refractivity contribution in [2.24, 2.45) is 17.6 Å². The number of fused-ring (bicyclic) bond motifs is 2. The molecule has 19 nitrogen and oxygen atoms in total. The minimum absolute atomic E-state index is 0.0901. The summed E-state index contributed by atoms with van der Waals surface area (Å²) >= 11 is 0. The molecule has 5 unspecified atom stereocenters. The fourth-order valence-corrected chi connectivity index (χ4v) is 8.06. The lowest BCUT2D eigenvalue weighted by atomic mass is 9.87. The van der Waals surface area contributed by atoms with Gasteiger partial charge in [0.05, 0.1) is 85.6 Å². The van der Waals surface area contributed by atoms with Crippen molar-refractivity contribution in [1.29, 1.82) is 0 Å². The average Bonchev–Trinajstić information content (AvgIpc) is 3.26. The van der Waals surface area contributed by atoms with Gasteiger partial charge < -0.3 is 86.4 Å². The van der Waals surface area contributed by atoms with E-state index < -0.39 is 147 Å². The molecule has 2 amide bonds. The third-order valence-electron chi connectivity index (χ3n) is 12.3. The van der Waals surface area contributed by atoms with Crippen LogP contribution in [0.3, 0.4) is 0 Å². The molecule has 67 heavy (non-hydrogen) atoms. The number of cyclic esters (lactones) is 1. The topological polar surface area (TPSA) is 323 Å². The maximum atomic E-state index is 12.6. The Morgan fingerprint density at radius 3 is 1.87 bits per heavy atom. The Kier molecular flexibility index (Phi) is 24.8. The lowest BCUT2D eigenvalue weighted by molar-refractivity contribution is -0.303. The van der Waals surface area contributed by atoms with E-state index in [0.29, 0.717) is 0 Å². The second-order valence-corrected chi connectivity index (χ2v) is 18.0. The summed E-state index contributed by atoms with van der Waals surface area (Å²) in [6.45, 7) is 6.79. The number of ether oxygens (including phenoxy) is 4. The van der Waals surface area contributed by atoms with Crippen LogP contribution in [-0.4, -0.2) is 174 Å². The van der Waals surface area contributed by atoms with Crippen molar-refractivity contribution < 1.29 is 79.6 Å². The van der Waals surface area contributed by atoms with Gasteiger partial charge >= 0.3 is 12.0 Å². The molecule has 3 aliphatic rings. The Morgan fingerprint density at radius 2 is 1.27 bits per heavy atom. The number of carbonyl (C=O) groups excluding carboxylic acids is 2. The van der Waals surface area contributed by atoms with Crippen LogP contribution in [0.5, 0.6) is 0 Å². The molecule has 0 aliphatic carbocycles. The molecule has 3 rings (SSSR count). The standard InChI is InChI=1S/C48H77N3O16/c1-28-18-16-14-12-10-8-6-7-9-11-13-15-17-19-35(66-46-45(61)41(49)44(60)31(4)65-46)25-39-42(51-47(62)50-5)38(57)27-48(63,67-39)26-34(54)23-37(56)36(55)21-20-32(52)22-33(53)24-40(58)64-30(3)29(2)43(28)59/h6-19,28-39,41-46,52-57,59-61,63H,20-27,49H2,1-5H3,(H2,50,51,62)/b7-6+,10-8+,11-9+,14-12+,15-13+,18-16+,19-17+/t28-,29-,30-,31+,32?,33?,34?,35?,36+,37?,38-,39-,41-,42+,43+,44+,45-,46-,48+/m0/s1. The first-order chi connectivity index (χ1) is 31.6. The van der Waals surface area contributed by atoms with Crippen molar-refractivity contribution in [3.63, 3.8) is 0 Å². The minimum atomic E-state index is -2.23. The van der Waals surface area contributed by atoms with Gasteiger partial charge in [-0.25, -0.2) is 4.79 Å². The van der Waals surface area contributed by atoms with Gasteiger partial charge in [-0.3, -0.25) is 4.79 Å². The van der Waals surface area contributed by atoms with E-state index in [-0.39, 0.29) is 31.6 Å². The largest absolute Gasteiger partial charge is 0.462 e. The van der Waals surface area contributed by atoms with Crippen molar-refractivity contribution in [2.45, 2.75) is 183 Å². The van der Waals surface area contributed by atoms with Crippen molar-refractivity contribution in [3.8, 4) is 0 Å².